The molecule has 0 fully saturated rings. The monoisotopic (exact) mass is 235 g/mol. The van der Waals surface area contributed by atoms with E-state index in [9.17, 15) is 0 Å². The maximum atomic E-state index is 4.51. The molecule has 0 saturated carbocycles. The quantitative estimate of drug-likeness (QED) is 0.744. The zero-order valence-electron chi connectivity index (χ0n) is 8.86. The third-order valence-corrected chi connectivity index (χ3v) is 4.50. The second-order valence-corrected chi connectivity index (χ2v) is 5.82. The highest BCUT2D eigenvalue weighted by Crippen LogP contribution is 2.28. The van der Waals surface area contributed by atoms with E-state index in [0.29, 0.717) is 0 Å². The van der Waals surface area contributed by atoms with Crippen molar-refractivity contribution in [1.29, 1.82) is 0 Å². The van der Waals surface area contributed by atoms with Crippen LogP contribution >= 0.6 is 23.1 Å². The van der Waals surface area contributed by atoms with Gasteiger partial charge in [-0.1, -0.05) is 42.1 Å². The summed E-state index contributed by atoms with van der Waals surface area (Å²) in [5.74, 6) is 1.01. The molecule has 2 aromatic rings. The van der Waals surface area contributed by atoms with Gasteiger partial charge >= 0.3 is 0 Å². The van der Waals surface area contributed by atoms with E-state index >= 15 is 0 Å². The van der Waals surface area contributed by atoms with Gasteiger partial charge in [0.1, 0.15) is 0 Å². The van der Waals surface area contributed by atoms with Gasteiger partial charge < -0.3 is 0 Å². The van der Waals surface area contributed by atoms with Gasteiger partial charge in [-0.15, -0.1) is 11.3 Å². The van der Waals surface area contributed by atoms with Gasteiger partial charge in [0.15, 0.2) is 4.34 Å². The van der Waals surface area contributed by atoms with Crippen LogP contribution in [0.2, 0.25) is 0 Å². The third-order valence-electron chi connectivity index (χ3n) is 2.21. The molecule has 1 aromatic heterocycles. The van der Waals surface area contributed by atoms with E-state index in [4.69, 9.17) is 0 Å². The average Bonchev–Trinajstić information content (AvgIpc) is 2.57. The topological polar surface area (TPSA) is 12.9 Å². The molecule has 0 unspecified atom stereocenters. The minimum atomic E-state index is 1.01. The highest BCUT2D eigenvalue weighted by Gasteiger charge is 2.03. The summed E-state index contributed by atoms with van der Waals surface area (Å²) in [5, 5.41) is 0. The maximum Gasteiger partial charge on any atom is 0.150 e. The normalized spacial score (nSPS) is 10.5. The molecule has 2 rings (SSSR count). The van der Waals surface area contributed by atoms with E-state index in [1.54, 1.807) is 11.3 Å². The van der Waals surface area contributed by atoms with Crippen molar-refractivity contribution >= 4 is 23.1 Å². The van der Waals surface area contributed by atoms with Crippen molar-refractivity contribution in [3.63, 3.8) is 0 Å². The van der Waals surface area contributed by atoms with Crippen LogP contribution < -0.4 is 0 Å². The fourth-order valence-electron chi connectivity index (χ4n) is 1.22. The summed E-state index contributed by atoms with van der Waals surface area (Å²) in [6.07, 6.45) is 0. The number of hydrogen-bond acceptors (Lipinski definition) is 3. The molecule has 78 valence electrons. The summed E-state index contributed by atoms with van der Waals surface area (Å²) in [6.45, 7) is 4.19. The molecular formula is C12H13NS2. The summed E-state index contributed by atoms with van der Waals surface area (Å²) in [6, 6.07) is 10.5. The standard InChI is InChI=1S/C12H13NS2/c1-9-10(2)15-12(13-9)14-8-11-6-4-3-5-7-11/h3-7H,8H2,1-2H3. The Morgan fingerprint density at radius 3 is 2.53 bits per heavy atom. The van der Waals surface area contributed by atoms with Crippen LogP contribution in [0.15, 0.2) is 34.7 Å². The highest BCUT2D eigenvalue weighted by atomic mass is 32.2. The van der Waals surface area contributed by atoms with Crippen molar-refractivity contribution in [2.45, 2.75) is 23.9 Å². The van der Waals surface area contributed by atoms with Gasteiger partial charge in [-0.2, -0.15) is 0 Å². The lowest BCUT2D eigenvalue weighted by Gasteiger charge is -1.97. The van der Waals surface area contributed by atoms with E-state index in [2.05, 4.69) is 43.1 Å². The molecule has 3 heteroatoms. The number of hydrogen-bond donors (Lipinski definition) is 0. The van der Waals surface area contributed by atoms with Crippen LogP contribution in [0, 0.1) is 13.8 Å². The Hall–Kier alpha value is -0.800. The number of thiazole rings is 1. The molecule has 0 atom stereocenters. The van der Waals surface area contributed by atoms with Crippen LogP contribution in [0.25, 0.3) is 0 Å². The molecule has 0 saturated heterocycles. The van der Waals surface area contributed by atoms with E-state index in [1.807, 2.05) is 17.8 Å². The molecule has 1 aromatic carbocycles. The smallest absolute Gasteiger partial charge is 0.150 e. The zero-order valence-corrected chi connectivity index (χ0v) is 10.5. The van der Waals surface area contributed by atoms with Crippen LogP contribution in [-0.2, 0) is 5.75 Å². The van der Waals surface area contributed by atoms with Crippen molar-refractivity contribution in [2.75, 3.05) is 0 Å². The molecule has 0 aliphatic heterocycles. The van der Waals surface area contributed by atoms with Crippen molar-refractivity contribution in [1.82, 2.24) is 4.98 Å². The Labute approximate surface area is 98.6 Å². The zero-order chi connectivity index (χ0) is 10.7. The average molecular weight is 235 g/mol. The minimum Gasteiger partial charge on any atom is -0.235 e. The highest BCUT2D eigenvalue weighted by molar-refractivity contribution is 8.00. The van der Waals surface area contributed by atoms with E-state index in [0.717, 1.165) is 11.4 Å². The van der Waals surface area contributed by atoms with Crippen LogP contribution in [0.1, 0.15) is 16.1 Å². The maximum absolute atomic E-state index is 4.51. The molecule has 0 amide bonds. The van der Waals surface area contributed by atoms with E-state index in [1.165, 1.54) is 14.8 Å². The Balaban J connectivity index is 1.99. The second kappa shape index (κ2) is 4.81. The second-order valence-electron chi connectivity index (χ2n) is 3.40. The van der Waals surface area contributed by atoms with Crippen molar-refractivity contribution in [3.05, 3.63) is 46.5 Å². The molecule has 1 nitrogen and oxygen atoms in total. The van der Waals surface area contributed by atoms with Gasteiger partial charge in [0.05, 0.1) is 5.69 Å². The lowest BCUT2D eigenvalue weighted by molar-refractivity contribution is 1.14. The minimum absolute atomic E-state index is 1.01. The van der Waals surface area contributed by atoms with Gasteiger partial charge in [-0.25, -0.2) is 4.98 Å². The molecule has 0 radical (unpaired) electrons. The predicted octanol–water partition coefficient (Wildman–Crippen LogP) is 4.05. The Morgan fingerprint density at radius 1 is 1.20 bits per heavy atom. The molecule has 15 heavy (non-hydrogen) atoms. The van der Waals surface area contributed by atoms with Crippen LogP contribution in [0.3, 0.4) is 0 Å². The van der Waals surface area contributed by atoms with Crippen LogP contribution in [0.5, 0.6) is 0 Å². The SMILES string of the molecule is Cc1nc(SCc2ccccc2)sc1C. The summed E-state index contributed by atoms with van der Waals surface area (Å²) in [4.78, 5) is 5.83. The number of aromatic nitrogens is 1. The first-order chi connectivity index (χ1) is 7.25. The molecule has 0 aliphatic rings. The number of aryl methyl sites for hydroxylation is 2. The van der Waals surface area contributed by atoms with Crippen LogP contribution in [-0.4, -0.2) is 4.98 Å². The number of thioether (sulfide) groups is 1. The first kappa shape index (κ1) is 10.7. The summed E-state index contributed by atoms with van der Waals surface area (Å²) < 4.78 is 1.17. The van der Waals surface area contributed by atoms with Crippen LogP contribution in [0.4, 0.5) is 0 Å². The fourth-order valence-corrected chi connectivity index (χ4v) is 3.33. The molecule has 0 aliphatic carbocycles. The molecule has 0 bridgehead atoms. The Bertz CT molecular complexity index is 415. The number of rotatable bonds is 3. The van der Waals surface area contributed by atoms with Gasteiger partial charge in [-0.05, 0) is 19.4 Å². The van der Waals surface area contributed by atoms with Crippen molar-refractivity contribution in [2.24, 2.45) is 0 Å². The Morgan fingerprint density at radius 2 is 1.93 bits per heavy atom. The molecule has 0 N–H and O–H groups in total. The summed E-state index contributed by atoms with van der Waals surface area (Å²) in [5.41, 5.74) is 2.52. The molecule has 0 spiro atoms. The first-order valence-electron chi connectivity index (χ1n) is 4.86. The van der Waals surface area contributed by atoms with Gasteiger partial charge in [0.25, 0.3) is 0 Å². The lowest BCUT2D eigenvalue weighted by Crippen LogP contribution is -1.78. The summed E-state index contributed by atoms with van der Waals surface area (Å²) >= 11 is 3.60. The summed E-state index contributed by atoms with van der Waals surface area (Å²) in [7, 11) is 0. The molecule has 1 heterocycles. The van der Waals surface area contributed by atoms with E-state index < -0.39 is 0 Å². The first-order valence-corrected chi connectivity index (χ1v) is 6.66. The Kier molecular flexibility index (Phi) is 3.44. The fraction of sp³-hybridized carbons (Fsp3) is 0.250. The lowest BCUT2D eigenvalue weighted by atomic mass is 10.2. The van der Waals surface area contributed by atoms with Crippen molar-refractivity contribution < 1.29 is 0 Å². The van der Waals surface area contributed by atoms with Crippen molar-refractivity contribution in [3.8, 4) is 0 Å². The van der Waals surface area contributed by atoms with Gasteiger partial charge in [0.2, 0.25) is 0 Å². The largest absolute Gasteiger partial charge is 0.235 e. The van der Waals surface area contributed by atoms with Gasteiger partial charge in [-0.3, -0.25) is 0 Å². The predicted molar refractivity (Wildman–Crippen MR) is 67.6 cm³/mol. The molecular weight excluding hydrogens is 222 g/mol. The van der Waals surface area contributed by atoms with Gasteiger partial charge in [0, 0.05) is 10.6 Å². The number of nitrogens with zero attached hydrogens (tertiary/aromatic N) is 1. The van der Waals surface area contributed by atoms with E-state index in [-0.39, 0.29) is 0 Å². The number of benzene rings is 1. The third kappa shape index (κ3) is 2.83.